The van der Waals surface area contributed by atoms with E-state index in [1.807, 2.05) is 45.0 Å². The number of amides is 1. The van der Waals surface area contributed by atoms with E-state index in [1.54, 1.807) is 20.8 Å². The largest absolute Gasteiger partial charge is 0.495 e. The smallest absolute Gasteiger partial charge is 0.251 e. The monoisotopic (exact) mass is 448 g/mol. The Morgan fingerprint density at radius 1 is 1.03 bits per heavy atom. The highest BCUT2D eigenvalue weighted by molar-refractivity contribution is 7.89. The van der Waals surface area contributed by atoms with Crippen LogP contribution < -0.4 is 19.5 Å². The Morgan fingerprint density at radius 2 is 1.71 bits per heavy atom. The van der Waals surface area contributed by atoms with Crippen molar-refractivity contribution in [2.45, 2.75) is 64.1 Å². The molecule has 0 saturated heterocycles. The molecule has 2 N–H and O–H groups in total. The van der Waals surface area contributed by atoms with Gasteiger partial charge in [0.25, 0.3) is 5.91 Å². The predicted molar refractivity (Wildman–Crippen MR) is 121 cm³/mol. The van der Waals surface area contributed by atoms with E-state index in [-0.39, 0.29) is 28.4 Å². The Morgan fingerprint density at radius 3 is 2.29 bits per heavy atom. The third-order valence-corrected chi connectivity index (χ3v) is 6.01. The Labute approximate surface area is 185 Å². The summed E-state index contributed by atoms with van der Waals surface area (Å²) in [5, 5.41) is 2.91. The van der Waals surface area contributed by atoms with E-state index in [0.717, 1.165) is 11.3 Å². The molecule has 31 heavy (non-hydrogen) atoms. The fraction of sp³-hybridized carbons (Fsp3) is 0.435. The molecule has 1 atom stereocenters. The van der Waals surface area contributed by atoms with Crippen molar-refractivity contribution in [2.24, 2.45) is 0 Å². The van der Waals surface area contributed by atoms with Gasteiger partial charge in [0.05, 0.1) is 19.3 Å². The second kappa shape index (κ2) is 9.70. The van der Waals surface area contributed by atoms with E-state index in [0.29, 0.717) is 0 Å². The molecule has 2 aromatic carbocycles. The van der Waals surface area contributed by atoms with Crippen LogP contribution in [0, 0.1) is 0 Å². The molecule has 8 heteroatoms. The number of hydrogen-bond acceptors (Lipinski definition) is 5. The Balaban J connectivity index is 2.28. The van der Waals surface area contributed by atoms with Gasteiger partial charge in [0.15, 0.2) is 0 Å². The first-order valence-corrected chi connectivity index (χ1v) is 11.6. The van der Waals surface area contributed by atoms with Crippen LogP contribution in [-0.4, -0.2) is 33.1 Å². The third kappa shape index (κ3) is 6.97. The maximum atomic E-state index is 12.9. The first kappa shape index (κ1) is 24.7. The number of benzene rings is 2. The van der Waals surface area contributed by atoms with Crippen LogP contribution in [0.3, 0.4) is 0 Å². The van der Waals surface area contributed by atoms with Gasteiger partial charge in [0, 0.05) is 11.1 Å². The zero-order valence-corrected chi connectivity index (χ0v) is 20.0. The molecule has 1 unspecified atom stereocenters. The molecule has 0 heterocycles. The molecule has 7 nitrogen and oxygen atoms in total. The molecule has 0 aliphatic rings. The van der Waals surface area contributed by atoms with Gasteiger partial charge in [-0.1, -0.05) is 12.1 Å². The highest BCUT2D eigenvalue weighted by Crippen LogP contribution is 2.27. The molecule has 0 radical (unpaired) electrons. The number of ether oxygens (including phenoxy) is 2. The second-order valence-electron chi connectivity index (χ2n) is 8.66. The van der Waals surface area contributed by atoms with E-state index in [2.05, 4.69) is 10.0 Å². The van der Waals surface area contributed by atoms with Gasteiger partial charge in [0.2, 0.25) is 10.0 Å². The molecule has 0 aromatic heterocycles. The van der Waals surface area contributed by atoms with E-state index in [9.17, 15) is 13.2 Å². The Kier molecular flexibility index (Phi) is 7.72. The van der Waals surface area contributed by atoms with Gasteiger partial charge in [-0.25, -0.2) is 13.1 Å². The van der Waals surface area contributed by atoms with Gasteiger partial charge in [0.1, 0.15) is 16.4 Å². The van der Waals surface area contributed by atoms with Crippen LogP contribution in [0.5, 0.6) is 11.5 Å². The molecular weight excluding hydrogens is 416 g/mol. The van der Waals surface area contributed by atoms with Crippen molar-refractivity contribution in [3.63, 3.8) is 0 Å². The van der Waals surface area contributed by atoms with Crippen molar-refractivity contribution in [3.8, 4) is 11.5 Å². The lowest BCUT2D eigenvalue weighted by Gasteiger charge is -2.22. The van der Waals surface area contributed by atoms with Gasteiger partial charge in [-0.2, -0.15) is 0 Å². The van der Waals surface area contributed by atoms with Gasteiger partial charge in [-0.3, -0.25) is 4.79 Å². The topological polar surface area (TPSA) is 93.7 Å². The first-order chi connectivity index (χ1) is 14.3. The summed E-state index contributed by atoms with van der Waals surface area (Å²) in [6, 6.07) is 11.5. The maximum Gasteiger partial charge on any atom is 0.251 e. The van der Waals surface area contributed by atoms with Crippen molar-refractivity contribution in [1.29, 1.82) is 0 Å². The number of rotatable bonds is 8. The van der Waals surface area contributed by atoms with E-state index in [4.69, 9.17) is 9.47 Å². The minimum absolute atomic E-state index is 0.0431. The predicted octanol–water partition coefficient (Wildman–Crippen LogP) is 4.05. The maximum absolute atomic E-state index is 12.9. The fourth-order valence-electron chi connectivity index (χ4n) is 2.98. The van der Waals surface area contributed by atoms with Crippen LogP contribution in [0.1, 0.15) is 63.5 Å². The summed E-state index contributed by atoms with van der Waals surface area (Å²) in [4.78, 5) is 12.8. The molecule has 0 aliphatic carbocycles. The highest BCUT2D eigenvalue weighted by Gasteiger charge is 2.26. The van der Waals surface area contributed by atoms with Crippen LogP contribution >= 0.6 is 0 Å². The van der Waals surface area contributed by atoms with Crippen LogP contribution in [0.2, 0.25) is 0 Å². The number of hydrogen-bond donors (Lipinski definition) is 2. The molecule has 0 saturated carbocycles. The Hall–Kier alpha value is -2.58. The zero-order valence-electron chi connectivity index (χ0n) is 19.1. The summed E-state index contributed by atoms with van der Waals surface area (Å²) in [6.45, 7) is 11.0. The Bertz CT molecular complexity index is 1030. The lowest BCUT2D eigenvalue weighted by atomic mass is 10.1. The number of sulfonamides is 1. The minimum Gasteiger partial charge on any atom is -0.495 e. The van der Waals surface area contributed by atoms with Crippen LogP contribution in [-0.2, 0) is 10.0 Å². The third-order valence-electron chi connectivity index (χ3n) is 4.23. The van der Waals surface area contributed by atoms with Crippen molar-refractivity contribution in [1.82, 2.24) is 10.0 Å². The summed E-state index contributed by atoms with van der Waals surface area (Å²) in [7, 11) is -2.50. The zero-order chi connectivity index (χ0) is 23.4. The minimum atomic E-state index is -3.89. The van der Waals surface area contributed by atoms with Gasteiger partial charge in [-0.15, -0.1) is 0 Å². The molecule has 0 spiro atoms. The molecule has 0 fully saturated rings. The van der Waals surface area contributed by atoms with Gasteiger partial charge in [-0.05, 0) is 77.4 Å². The standard InChI is InChI=1S/C23H32N2O5S/c1-15(2)30-19-10-8-9-17(13-19)16(3)24-22(26)18-11-12-20(29-7)21(14-18)31(27,28)25-23(4,5)6/h8-16,25H,1-7H3,(H,24,26). The number of carbonyl (C=O) groups is 1. The van der Waals surface area contributed by atoms with Crippen LogP contribution in [0.4, 0.5) is 0 Å². The van der Waals surface area contributed by atoms with Gasteiger partial charge < -0.3 is 14.8 Å². The van der Waals surface area contributed by atoms with E-state index in [1.165, 1.54) is 25.3 Å². The average Bonchev–Trinajstić information content (AvgIpc) is 2.65. The fourth-order valence-corrected chi connectivity index (χ4v) is 4.59. The lowest BCUT2D eigenvalue weighted by Crippen LogP contribution is -2.40. The summed E-state index contributed by atoms with van der Waals surface area (Å²) < 4.78 is 39.2. The van der Waals surface area contributed by atoms with Crippen molar-refractivity contribution in [3.05, 3.63) is 53.6 Å². The summed E-state index contributed by atoms with van der Waals surface area (Å²) >= 11 is 0. The van der Waals surface area contributed by atoms with Crippen molar-refractivity contribution in [2.75, 3.05) is 7.11 Å². The first-order valence-electron chi connectivity index (χ1n) is 10.1. The highest BCUT2D eigenvalue weighted by atomic mass is 32.2. The molecule has 0 aliphatic heterocycles. The average molecular weight is 449 g/mol. The SMILES string of the molecule is COc1ccc(C(=O)NC(C)c2cccc(OC(C)C)c2)cc1S(=O)(=O)NC(C)(C)C. The number of nitrogens with one attached hydrogen (secondary N) is 2. The molecule has 170 valence electrons. The van der Waals surface area contributed by atoms with Gasteiger partial charge >= 0.3 is 0 Å². The number of carbonyl (C=O) groups excluding carboxylic acids is 1. The molecule has 0 bridgehead atoms. The normalized spacial score (nSPS) is 13.0. The number of methoxy groups -OCH3 is 1. The van der Waals surface area contributed by atoms with Crippen molar-refractivity contribution >= 4 is 15.9 Å². The molecule has 1 amide bonds. The van der Waals surface area contributed by atoms with Crippen LogP contribution in [0.15, 0.2) is 47.4 Å². The quantitative estimate of drug-likeness (QED) is 0.635. The van der Waals surface area contributed by atoms with E-state index >= 15 is 0 Å². The molecule has 2 rings (SSSR count). The summed E-state index contributed by atoms with van der Waals surface area (Å²) in [5.74, 6) is 0.497. The molecule has 2 aromatic rings. The summed E-state index contributed by atoms with van der Waals surface area (Å²) in [6.07, 6.45) is 0.0431. The lowest BCUT2D eigenvalue weighted by molar-refractivity contribution is 0.0939. The second-order valence-corrected chi connectivity index (χ2v) is 10.3. The summed E-state index contributed by atoms with van der Waals surface area (Å²) in [5.41, 5.74) is 0.415. The van der Waals surface area contributed by atoms with Crippen molar-refractivity contribution < 1.29 is 22.7 Å². The molecular formula is C23H32N2O5S. The van der Waals surface area contributed by atoms with Crippen LogP contribution in [0.25, 0.3) is 0 Å². The van der Waals surface area contributed by atoms with E-state index < -0.39 is 21.5 Å².